The number of amides is 2. The number of ether oxygens (including phenoxy) is 1. The van der Waals surface area contributed by atoms with Crippen LogP contribution in [0.15, 0.2) is 24.3 Å². The number of benzene rings is 1. The maximum atomic E-state index is 13.3. The van der Waals surface area contributed by atoms with E-state index in [4.69, 9.17) is 0 Å². The fraction of sp³-hybridized carbons (Fsp3) is 0.500. The van der Waals surface area contributed by atoms with Gasteiger partial charge in [-0.3, -0.25) is 14.7 Å². The summed E-state index contributed by atoms with van der Waals surface area (Å²) in [6, 6.07) is 5.65. The summed E-state index contributed by atoms with van der Waals surface area (Å²) in [5, 5.41) is 11.3. The Labute approximate surface area is 204 Å². The molecule has 3 aromatic rings. The molecule has 2 aliphatic heterocycles. The van der Waals surface area contributed by atoms with Gasteiger partial charge in [0.1, 0.15) is 11.4 Å². The van der Waals surface area contributed by atoms with Crippen LogP contribution in [0, 0.1) is 17.8 Å². The molecular weight excluding hydrogens is 477 g/mol. The predicted octanol–water partition coefficient (Wildman–Crippen LogP) is 2.53. The smallest absolute Gasteiger partial charge is 0.406 e. The quantitative estimate of drug-likeness (QED) is 0.594. The Morgan fingerprint density at radius 3 is 2.53 bits per heavy atom. The van der Waals surface area contributed by atoms with Crippen molar-refractivity contribution < 1.29 is 27.5 Å². The van der Waals surface area contributed by atoms with Crippen LogP contribution in [-0.2, 0) is 24.7 Å². The summed E-state index contributed by atoms with van der Waals surface area (Å²) in [6.45, 7) is 2.36. The Morgan fingerprint density at radius 2 is 1.81 bits per heavy atom. The van der Waals surface area contributed by atoms with Gasteiger partial charge in [-0.05, 0) is 37.1 Å². The number of H-pyrrole nitrogens is 1. The third-order valence-corrected chi connectivity index (χ3v) is 7.79. The second-order valence-corrected chi connectivity index (χ2v) is 10.0. The van der Waals surface area contributed by atoms with Crippen LogP contribution in [-0.4, -0.2) is 74.1 Å². The molecular formula is C24H25F3N6O3. The van der Waals surface area contributed by atoms with Crippen LogP contribution in [0.2, 0.25) is 0 Å². The molecule has 1 aromatic carbocycles. The number of carbonyl (C=O) groups excluding carboxylic acids is 2. The number of aromatic nitrogens is 4. The van der Waals surface area contributed by atoms with Gasteiger partial charge in [-0.2, -0.15) is 0 Å². The Morgan fingerprint density at radius 1 is 1.08 bits per heavy atom. The highest BCUT2D eigenvalue weighted by atomic mass is 19.4. The Kier molecular flexibility index (Phi) is 5.23. The highest BCUT2D eigenvalue weighted by Crippen LogP contribution is 2.35. The van der Waals surface area contributed by atoms with Crippen molar-refractivity contribution in [2.45, 2.75) is 25.6 Å². The van der Waals surface area contributed by atoms with Gasteiger partial charge in [0, 0.05) is 68.3 Å². The monoisotopic (exact) mass is 502 g/mol. The minimum Gasteiger partial charge on any atom is -0.406 e. The van der Waals surface area contributed by atoms with Crippen molar-refractivity contribution in [2.75, 3.05) is 26.2 Å². The van der Waals surface area contributed by atoms with Crippen molar-refractivity contribution in [3.63, 3.8) is 0 Å². The molecule has 2 aromatic heterocycles. The van der Waals surface area contributed by atoms with E-state index in [2.05, 4.69) is 20.1 Å². The Balaban J connectivity index is 1.11. The number of aryl methyl sites for hydroxylation is 2. The molecule has 2 fully saturated rings. The van der Waals surface area contributed by atoms with Crippen molar-refractivity contribution in [3.05, 3.63) is 41.3 Å². The van der Waals surface area contributed by atoms with Crippen molar-refractivity contribution >= 4 is 22.7 Å². The number of likely N-dealkylation sites (tertiary alicyclic amines) is 2. The first-order chi connectivity index (χ1) is 17.2. The molecule has 2 amide bonds. The molecule has 0 unspecified atom stereocenters. The summed E-state index contributed by atoms with van der Waals surface area (Å²) in [4.78, 5) is 30.2. The molecule has 1 aliphatic carbocycles. The third kappa shape index (κ3) is 3.97. The molecule has 1 N–H and O–H groups in total. The lowest BCUT2D eigenvalue weighted by atomic mass is 9.89. The lowest BCUT2D eigenvalue weighted by molar-refractivity contribution is -0.274. The lowest BCUT2D eigenvalue weighted by Crippen LogP contribution is -2.40. The largest absolute Gasteiger partial charge is 0.573 e. The highest BCUT2D eigenvalue weighted by molar-refractivity contribution is 5.99. The van der Waals surface area contributed by atoms with Crippen LogP contribution >= 0.6 is 0 Å². The Bertz CT molecular complexity index is 1330. The fourth-order valence-corrected chi connectivity index (χ4v) is 5.99. The zero-order valence-corrected chi connectivity index (χ0v) is 19.6. The third-order valence-electron chi connectivity index (χ3n) is 7.79. The van der Waals surface area contributed by atoms with E-state index in [0.29, 0.717) is 49.2 Å². The Hall–Kier alpha value is -3.57. The minimum atomic E-state index is -4.78. The molecule has 0 bridgehead atoms. The number of fused-ring (bicyclic) bond motifs is 3. The number of nitrogens with zero attached hydrogens (tertiary/aromatic N) is 5. The van der Waals surface area contributed by atoms with E-state index in [1.165, 1.54) is 18.2 Å². The van der Waals surface area contributed by atoms with Crippen LogP contribution in [0.25, 0.3) is 10.9 Å². The minimum absolute atomic E-state index is 0.0822. The summed E-state index contributed by atoms with van der Waals surface area (Å²) >= 11 is 0. The number of hydrogen-bond acceptors (Lipinski definition) is 5. The van der Waals surface area contributed by atoms with E-state index in [9.17, 15) is 22.8 Å². The average molecular weight is 502 g/mol. The zero-order valence-electron chi connectivity index (χ0n) is 19.6. The van der Waals surface area contributed by atoms with E-state index in [-0.39, 0.29) is 35.3 Å². The molecule has 0 radical (unpaired) electrons. The van der Waals surface area contributed by atoms with Gasteiger partial charge in [0.25, 0.3) is 5.91 Å². The van der Waals surface area contributed by atoms with Crippen LogP contribution in [0.3, 0.4) is 0 Å². The molecule has 0 spiro atoms. The zero-order chi connectivity index (χ0) is 25.2. The summed E-state index contributed by atoms with van der Waals surface area (Å²) < 4.78 is 43.4. The van der Waals surface area contributed by atoms with Gasteiger partial charge < -0.3 is 19.1 Å². The summed E-state index contributed by atoms with van der Waals surface area (Å²) in [5.41, 5.74) is 2.95. The van der Waals surface area contributed by atoms with E-state index >= 15 is 0 Å². The number of hydrogen-bond donors (Lipinski definition) is 1. The lowest BCUT2D eigenvalue weighted by Gasteiger charge is -2.27. The van der Waals surface area contributed by atoms with E-state index in [1.54, 1.807) is 22.6 Å². The number of nitrogens with one attached hydrogen (secondary N) is 1. The standard InChI is InChI=1S/C24H25F3N6O3/c1-31-20-5-3-17(36-24(25,26)27)6-14(20)8-21(31)23(35)33-11-15-9-32(10-16(15)12-33)22(34)13-2-4-18-19(7-13)29-30-28-18/h3,5-6,8,13,15-16H,2,4,7,9-12H2,1H3,(H,28,29,30)/t13-,15-,16-/m1/s1. The van der Waals surface area contributed by atoms with Gasteiger partial charge in [0.2, 0.25) is 5.91 Å². The van der Waals surface area contributed by atoms with Crippen LogP contribution in [0.5, 0.6) is 5.75 Å². The molecule has 190 valence electrons. The number of halogens is 3. The maximum absolute atomic E-state index is 13.3. The van der Waals surface area contributed by atoms with Gasteiger partial charge in [0.15, 0.2) is 0 Å². The van der Waals surface area contributed by atoms with Crippen molar-refractivity contribution in [2.24, 2.45) is 24.8 Å². The summed E-state index contributed by atoms with van der Waals surface area (Å²) in [7, 11) is 1.72. The second kappa shape index (κ2) is 8.24. The molecule has 9 nitrogen and oxygen atoms in total. The van der Waals surface area contributed by atoms with E-state index < -0.39 is 6.36 Å². The number of carbonyl (C=O) groups is 2. The van der Waals surface area contributed by atoms with Gasteiger partial charge in [-0.15, -0.1) is 18.3 Å². The fourth-order valence-electron chi connectivity index (χ4n) is 5.99. The number of rotatable bonds is 3. The summed E-state index contributed by atoms with van der Waals surface area (Å²) in [5.74, 6) is 0.0155. The molecule has 4 heterocycles. The van der Waals surface area contributed by atoms with Crippen LogP contribution < -0.4 is 4.74 Å². The molecule has 0 saturated carbocycles. The molecule has 3 aliphatic rings. The van der Waals surface area contributed by atoms with Crippen LogP contribution in [0.1, 0.15) is 28.3 Å². The first-order valence-corrected chi connectivity index (χ1v) is 12.0. The number of aromatic amines is 1. The normalized spacial score (nSPS) is 23.7. The molecule has 12 heteroatoms. The highest BCUT2D eigenvalue weighted by Gasteiger charge is 2.45. The van der Waals surface area contributed by atoms with E-state index in [0.717, 1.165) is 24.2 Å². The van der Waals surface area contributed by atoms with E-state index in [1.807, 2.05) is 4.90 Å². The summed E-state index contributed by atoms with van der Waals surface area (Å²) in [6.07, 6.45) is -2.61. The second-order valence-electron chi connectivity index (χ2n) is 10.0. The predicted molar refractivity (Wildman–Crippen MR) is 121 cm³/mol. The van der Waals surface area contributed by atoms with Crippen molar-refractivity contribution in [3.8, 4) is 5.75 Å². The first kappa shape index (κ1) is 22.9. The molecule has 3 atom stereocenters. The van der Waals surface area contributed by atoms with Crippen LogP contribution in [0.4, 0.5) is 13.2 Å². The molecule has 36 heavy (non-hydrogen) atoms. The van der Waals surface area contributed by atoms with Gasteiger partial charge in [-0.1, -0.05) is 5.21 Å². The van der Waals surface area contributed by atoms with Gasteiger partial charge >= 0.3 is 6.36 Å². The molecule has 6 rings (SSSR count). The van der Waals surface area contributed by atoms with Crippen molar-refractivity contribution in [1.29, 1.82) is 0 Å². The van der Waals surface area contributed by atoms with Gasteiger partial charge in [-0.25, -0.2) is 0 Å². The topological polar surface area (TPSA) is 96.4 Å². The maximum Gasteiger partial charge on any atom is 0.573 e. The number of alkyl halides is 3. The SMILES string of the molecule is Cn1c(C(=O)N2C[C@H]3CN(C(=O)[C@@H]4CCc5[nH]nnc5C4)C[C@@H]3C2)cc2cc(OC(F)(F)F)ccc21. The molecule has 2 saturated heterocycles. The first-order valence-electron chi connectivity index (χ1n) is 12.0. The average Bonchev–Trinajstić information content (AvgIpc) is 3.59. The van der Waals surface area contributed by atoms with Gasteiger partial charge in [0.05, 0.1) is 11.4 Å². The van der Waals surface area contributed by atoms with Crippen molar-refractivity contribution in [1.82, 2.24) is 29.8 Å².